The molecule has 0 fully saturated rings. The molecular formula is C35H44O4PSi2+. The molecule has 0 aliphatic heterocycles. The van der Waals surface area contributed by atoms with Gasteiger partial charge in [-0.1, -0.05) is 109 Å². The average molecular weight is 616 g/mol. The first-order chi connectivity index (χ1) is 20.6. The molecule has 1 unspecified atom stereocenters. The summed E-state index contributed by atoms with van der Waals surface area (Å²) in [6.07, 6.45) is 2.13. The molecular weight excluding hydrogens is 572 g/mol. The van der Waals surface area contributed by atoms with Crippen molar-refractivity contribution in [3.63, 3.8) is 0 Å². The van der Waals surface area contributed by atoms with Crippen LogP contribution in [0.25, 0.3) is 11.3 Å². The van der Waals surface area contributed by atoms with E-state index in [-0.39, 0.29) is 0 Å². The summed E-state index contributed by atoms with van der Waals surface area (Å²) in [6, 6.07) is 40.4. The zero-order valence-electron chi connectivity index (χ0n) is 25.5. The maximum atomic E-state index is 6.13. The zero-order chi connectivity index (χ0) is 30.3. The third-order valence-electron chi connectivity index (χ3n) is 5.66. The summed E-state index contributed by atoms with van der Waals surface area (Å²) in [4.78, 5) is 0. The molecule has 1 atom stereocenters. The predicted molar refractivity (Wildman–Crippen MR) is 187 cm³/mol. The molecule has 0 spiro atoms. The predicted octanol–water partition coefficient (Wildman–Crippen LogP) is 7.14. The van der Waals surface area contributed by atoms with Crippen LogP contribution in [0.2, 0.25) is 0 Å². The Morgan fingerprint density at radius 2 is 1.00 bits per heavy atom. The van der Waals surface area contributed by atoms with Gasteiger partial charge in [0.2, 0.25) is 9.91 Å². The third kappa shape index (κ3) is 12.8. The molecule has 0 aliphatic rings. The summed E-state index contributed by atoms with van der Waals surface area (Å²) < 4.78 is 23.1. The van der Waals surface area contributed by atoms with Gasteiger partial charge >= 0.3 is 8.80 Å². The van der Waals surface area contributed by atoms with Gasteiger partial charge in [-0.2, -0.15) is 0 Å². The Kier molecular flexibility index (Phi) is 18.0. The summed E-state index contributed by atoms with van der Waals surface area (Å²) in [5.41, 5.74) is 4.28. The molecule has 42 heavy (non-hydrogen) atoms. The summed E-state index contributed by atoms with van der Waals surface area (Å²) in [7, 11) is 0.437. The molecule has 4 rings (SSSR count). The molecule has 0 amide bonds. The second-order valence-electron chi connectivity index (χ2n) is 8.64. The van der Waals surface area contributed by atoms with E-state index in [1.807, 2.05) is 118 Å². The molecule has 4 aromatic rings. The van der Waals surface area contributed by atoms with Gasteiger partial charge in [-0.25, -0.2) is 0 Å². The quantitative estimate of drug-likeness (QED) is 0.0823. The molecule has 0 radical (unpaired) electrons. The van der Waals surface area contributed by atoms with Crippen molar-refractivity contribution in [2.45, 2.75) is 20.8 Å². The van der Waals surface area contributed by atoms with Crippen LogP contribution in [0.5, 0.6) is 0 Å². The molecule has 0 bridgehead atoms. The maximum Gasteiger partial charge on any atom is 0.537 e. The topological polar surface area (TPSA) is 36.9 Å². The number of benzene rings is 4. The summed E-state index contributed by atoms with van der Waals surface area (Å²) in [5.74, 6) is 6.22. The van der Waals surface area contributed by atoms with Crippen LogP contribution in [0.1, 0.15) is 43.0 Å². The lowest BCUT2D eigenvalue weighted by atomic mass is 10.1. The summed E-state index contributed by atoms with van der Waals surface area (Å²) in [5, 5.41) is 1.000. The van der Waals surface area contributed by atoms with Gasteiger partial charge in [0, 0.05) is 36.1 Å². The van der Waals surface area contributed by atoms with E-state index in [2.05, 4.69) is 46.7 Å². The van der Waals surface area contributed by atoms with Crippen LogP contribution in [0.4, 0.5) is 0 Å². The van der Waals surface area contributed by atoms with E-state index in [4.69, 9.17) is 13.3 Å². The van der Waals surface area contributed by atoms with Crippen molar-refractivity contribution in [1.29, 1.82) is 0 Å². The van der Waals surface area contributed by atoms with Gasteiger partial charge in [-0.15, -0.1) is 0 Å². The standard InChI is InChI=1S/C20H26O3Si.C14H10.CH8OPSi/c1-4-21-24(22-5-2,23-6-3)20(19-15-11-8-12-16-19)17-18-13-9-7-10-14-18;1-3-7-13(8-4-1)11-12-14-9-5-2-6-10-14;1-2-3-4/h7-17H,4-6H2,1-3H3;1-10H;3H2,1,4H3/q;;+1/b20-17+;;. The lowest BCUT2D eigenvalue weighted by Crippen LogP contribution is -2.47. The second-order valence-corrected chi connectivity index (χ2v) is 13.5. The first kappa shape index (κ1) is 35.1. The van der Waals surface area contributed by atoms with Crippen LogP contribution in [0.3, 0.4) is 0 Å². The van der Waals surface area contributed by atoms with Gasteiger partial charge in [0.25, 0.3) is 0 Å². The van der Waals surface area contributed by atoms with Crippen LogP contribution in [-0.4, -0.2) is 45.6 Å². The van der Waals surface area contributed by atoms with Crippen LogP contribution >= 0.6 is 8.36 Å². The molecule has 4 aromatic carbocycles. The molecule has 4 nitrogen and oxygen atoms in total. The Morgan fingerprint density at radius 3 is 1.36 bits per heavy atom. The van der Waals surface area contributed by atoms with Crippen molar-refractivity contribution in [2.75, 3.05) is 26.9 Å². The monoisotopic (exact) mass is 615 g/mol. The van der Waals surface area contributed by atoms with E-state index < -0.39 is 8.80 Å². The normalized spacial score (nSPS) is 11.1. The first-order valence-corrected chi connectivity index (χ1v) is 21.1. The Bertz CT molecular complexity index is 1260. The molecule has 0 aromatic heterocycles. The van der Waals surface area contributed by atoms with E-state index >= 15 is 0 Å². The molecule has 0 N–H and O–H groups in total. The minimum atomic E-state index is -2.99. The molecule has 0 saturated heterocycles. The fourth-order valence-electron chi connectivity index (χ4n) is 3.80. The largest absolute Gasteiger partial charge is 0.537 e. The minimum Gasteiger partial charge on any atom is -0.370 e. The van der Waals surface area contributed by atoms with Crippen molar-refractivity contribution in [3.8, 4) is 11.8 Å². The van der Waals surface area contributed by atoms with Crippen molar-refractivity contribution in [1.82, 2.24) is 0 Å². The highest BCUT2D eigenvalue weighted by Gasteiger charge is 2.46. The maximum absolute atomic E-state index is 6.13. The Balaban J connectivity index is 0.000000287. The molecule has 7 heteroatoms. The second kappa shape index (κ2) is 21.6. The van der Waals surface area contributed by atoms with Gasteiger partial charge in [-0.3, -0.25) is 4.52 Å². The number of hydrogen-bond acceptors (Lipinski definition) is 4. The summed E-state index contributed by atoms with van der Waals surface area (Å²) >= 11 is 0. The number of rotatable bonds is 10. The van der Waals surface area contributed by atoms with Crippen LogP contribution < -0.4 is 0 Å². The van der Waals surface area contributed by atoms with E-state index in [9.17, 15) is 0 Å². The van der Waals surface area contributed by atoms with E-state index in [1.54, 1.807) is 7.11 Å². The highest BCUT2D eigenvalue weighted by atomic mass is 31.3. The van der Waals surface area contributed by atoms with Gasteiger partial charge in [0.1, 0.15) is 0 Å². The average Bonchev–Trinajstić information content (AvgIpc) is 3.05. The minimum absolute atomic E-state index is 0.421. The summed E-state index contributed by atoms with van der Waals surface area (Å²) in [6.45, 7) is 7.57. The van der Waals surface area contributed by atoms with Crippen molar-refractivity contribution >= 4 is 38.3 Å². The zero-order valence-corrected chi connectivity index (χ0v) is 29.6. The van der Waals surface area contributed by atoms with Crippen LogP contribution in [0.15, 0.2) is 121 Å². The Labute approximate surface area is 258 Å². The van der Waals surface area contributed by atoms with Crippen molar-refractivity contribution < 1.29 is 17.8 Å². The molecule has 0 saturated carbocycles. The highest BCUT2D eigenvalue weighted by molar-refractivity contribution is 7.62. The van der Waals surface area contributed by atoms with E-state index in [1.165, 1.54) is 9.91 Å². The van der Waals surface area contributed by atoms with Crippen LogP contribution in [0, 0.1) is 11.8 Å². The van der Waals surface area contributed by atoms with E-state index in [0.29, 0.717) is 28.2 Å². The third-order valence-corrected chi connectivity index (χ3v) is 10.6. The molecule has 220 valence electrons. The fraction of sp³-hybridized carbons (Fsp3) is 0.200. The lowest BCUT2D eigenvalue weighted by Gasteiger charge is -2.31. The Morgan fingerprint density at radius 1 is 0.643 bits per heavy atom. The fourth-order valence-corrected chi connectivity index (χ4v) is 6.52. The first-order valence-electron chi connectivity index (χ1n) is 14.3. The van der Waals surface area contributed by atoms with Gasteiger partial charge < -0.3 is 13.3 Å². The lowest BCUT2D eigenvalue weighted by molar-refractivity contribution is 0.0873. The van der Waals surface area contributed by atoms with Crippen molar-refractivity contribution in [3.05, 3.63) is 144 Å². The molecule has 0 heterocycles. The number of hydrogen-bond donors (Lipinski definition) is 0. The Hall–Kier alpha value is -3.12. The van der Waals surface area contributed by atoms with Gasteiger partial charge in [0.05, 0.1) is 15.5 Å². The van der Waals surface area contributed by atoms with Crippen molar-refractivity contribution in [2.24, 2.45) is 0 Å². The van der Waals surface area contributed by atoms with E-state index in [0.717, 1.165) is 27.5 Å². The smallest absolute Gasteiger partial charge is 0.370 e. The highest BCUT2D eigenvalue weighted by Crippen LogP contribution is 2.31. The van der Waals surface area contributed by atoms with Crippen LogP contribution in [-0.2, 0) is 17.8 Å². The SMILES string of the molecule is C(#Cc1ccccc1)c1ccccc1.CCO[Si](OCC)(OCC)/C(=C/c1ccccc1)c1ccccc1.CO[PH2+][SiH3]. The molecule has 0 aliphatic carbocycles. The van der Waals surface area contributed by atoms with Gasteiger partial charge in [0.15, 0.2) is 0 Å². The van der Waals surface area contributed by atoms with Gasteiger partial charge in [-0.05, 0) is 62.2 Å².